The van der Waals surface area contributed by atoms with Gasteiger partial charge in [0.05, 0.1) is 0 Å². The van der Waals surface area contributed by atoms with Gasteiger partial charge >= 0.3 is 151 Å². The summed E-state index contributed by atoms with van der Waals surface area (Å²) in [4.78, 5) is 0. The van der Waals surface area contributed by atoms with Crippen LogP contribution in [0.3, 0.4) is 0 Å². The van der Waals surface area contributed by atoms with Crippen molar-refractivity contribution in [3.8, 4) is 0 Å². The largest absolute Gasteiger partial charge is 1.00 e. The number of hydrogen-bond acceptors (Lipinski definition) is 0. The van der Waals surface area contributed by atoms with E-state index in [1.807, 2.05) is 0 Å². The fraction of sp³-hybridized carbons (Fsp3) is 0.273. The third-order valence-corrected chi connectivity index (χ3v) is 29.5. The second-order valence-electron chi connectivity index (χ2n) is 7.29. The molecule has 135 valence electrons. The predicted molar refractivity (Wildman–Crippen MR) is 105 cm³/mol. The summed E-state index contributed by atoms with van der Waals surface area (Å²) in [5.41, 5.74) is 6.18. The molecular formula is C22H25Cl2SiZr. The molecule has 0 radical (unpaired) electrons. The summed E-state index contributed by atoms with van der Waals surface area (Å²) >= 11 is -2.42. The van der Waals surface area contributed by atoms with Gasteiger partial charge in [-0.2, -0.15) is 0 Å². The summed E-state index contributed by atoms with van der Waals surface area (Å²) in [7, 11) is 0. The Labute approximate surface area is 175 Å². The van der Waals surface area contributed by atoms with Crippen molar-refractivity contribution in [2.24, 2.45) is 0 Å². The number of allylic oxidation sites excluding steroid dienone is 2. The average molecular weight is 480 g/mol. The molecule has 0 aromatic heterocycles. The molecular weight excluding hydrogens is 454 g/mol. The van der Waals surface area contributed by atoms with Crippen LogP contribution in [0.5, 0.6) is 0 Å². The Morgan fingerprint density at radius 1 is 0.808 bits per heavy atom. The fourth-order valence-electron chi connectivity index (χ4n) is 4.49. The van der Waals surface area contributed by atoms with E-state index in [1.165, 1.54) is 23.6 Å². The SMILES string of the molecule is CCC[SiH]=[Zr+2]([CH3])([CH]1C=Cc2ccccc21)[CH]1C=Cc2ccccc21.[Cl-].[Cl-]. The van der Waals surface area contributed by atoms with Crippen molar-refractivity contribution in [1.29, 1.82) is 0 Å². The van der Waals surface area contributed by atoms with Gasteiger partial charge in [0.2, 0.25) is 0 Å². The van der Waals surface area contributed by atoms with Gasteiger partial charge in [0.15, 0.2) is 0 Å². The van der Waals surface area contributed by atoms with Crippen molar-refractivity contribution in [3.63, 3.8) is 0 Å². The first-order chi connectivity index (χ1) is 11.7. The molecule has 2 aliphatic rings. The summed E-state index contributed by atoms with van der Waals surface area (Å²) in [5.74, 6) is 0. The van der Waals surface area contributed by atoms with Crippen LogP contribution < -0.4 is 24.8 Å². The molecule has 2 aliphatic carbocycles. The maximum atomic E-state index is 2.76. The zero-order chi connectivity index (χ0) is 16.6. The van der Waals surface area contributed by atoms with Crippen molar-refractivity contribution in [2.45, 2.75) is 31.3 Å². The Balaban J connectivity index is 0.00000121. The van der Waals surface area contributed by atoms with Gasteiger partial charge in [0.25, 0.3) is 0 Å². The molecule has 2 aromatic carbocycles. The first-order valence-corrected chi connectivity index (χ1v) is 20.1. The van der Waals surface area contributed by atoms with Gasteiger partial charge in [-0.25, -0.2) is 0 Å². The Kier molecular flexibility index (Phi) is 7.74. The molecule has 0 spiro atoms. The van der Waals surface area contributed by atoms with E-state index in [9.17, 15) is 0 Å². The molecule has 0 aliphatic heterocycles. The molecule has 0 N–H and O–H groups in total. The number of fused-ring (bicyclic) bond motifs is 2. The fourth-order valence-corrected chi connectivity index (χ4v) is 27.9. The van der Waals surface area contributed by atoms with E-state index >= 15 is 0 Å². The summed E-state index contributed by atoms with van der Waals surface area (Å²) in [5, 5.41) is 0. The first-order valence-electron chi connectivity index (χ1n) is 9.12. The van der Waals surface area contributed by atoms with Crippen LogP contribution in [0, 0.1) is 0 Å². The number of rotatable bonds is 4. The monoisotopic (exact) mass is 477 g/mol. The Hall–Kier alpha value is -0.400. The number of hydrogen-bond donors (Lipinski definition) is 0. The molecule has 4 rings (SSSR count). The van der Waals surface area contributed by atoms with Gasteiger partial charge < -0.3 is 24.8 Å². The first kappa shape index (κ1) is 21.9. The van der Waals surface area contributed by atoms with Crippen molar-refractivity contribution >= 4 is 18.3 Å². The second kappa shape index (κ2) is 9.20. The van der Waals surface area contributed by atoms with Gasteiger partial charge in [-0.1, -0.05) is 0 Å². The topological polar surface area (TPSA) is 0 Å². The second-order valence-corrected chi connectivity index (χ2v) is 28.4. The van der Waals surface area contributed by atoms with Crippen LogP contribution in [0.25, 0.3) is 12.2 Å². The van der Waals surface area contributed by atoms with Crippen molar-refractivity contribution < 1.29 is 43.7 Å². The van der Waals surface area contributed by atoms with Gasteiger partial charge in [-0.15, -0.1) is 0 Å². The van der Waals surface area contributed by atoms with Gasteiger partial charge in [-0.05, 0) is 0 Å². The summed E-state index contributed by atoms with van der Waals surface area (Å²) < 4.78 is 4.25. The van der Waals surface area contributed by atoms with E-state index in [1.54, 1.807) is 11.1 Å². The van der Waals surface area contributed by atoms with E-state index < -0.39 is 18.9 Å². The Bertz CT molecular complexity index is 820. The third kappa shape index (κ3) is 3.76. The van der Waals surface area contributed by atoms with Crippen LogP contribution in [0.4, 0.5) is 0 Å². The zero-order valence-corrected chi connectivity index (χ0v) is 20.5. The van der Waals surface area contributed by atoms with E-state index in [0.717, 1.165) is 7.25 Å². The standard InChI is InChI=1S/2C9H7.C3H8Si.CH3.2ClH.Zr/c2*1-2-5-9-7-3-6-8(9)4-1;1-2-3-4;;;;/h2*1-7H;4H,2-3H2,1H3;1H3;2*1H;/q;;;;;;+2/p-2. The maximum absolute atomic E-state index is 2.76. The predicted octanol–water partition coefficient (Wildman–Crippen LogP) is -0.0876. The van der Waals surface area contributed by atoms with E-state index in [-0.39, 0.29) is 24.8 Å². The molecule has 2 atom stereocenters. The van der Waals surface area contributed by atoms with Crippen LogP contribution >= 0.6 is 0 Å². The van der Waals surface area contributed by atoms with Crippen LogP contribution in [-0.2, 0) is 18.9 Å². The molecule has 2 unspecified atom stereocenters. The van der Waals surface area contributed by atoms with Gasteiger partial charge in [0.1, 0.15) is 0 Å². The van der Waals surface area contributed by atoms with E-state index in [0.29, 0.717) is 6.16 Å². The Morgan fingerprint density at radius 2 is 1.27 bits per heavy atom. The molecule has 2 aromatic rings. The molecule has 4 heteroatoms. The summed E-state index contributed by atoms with van der Waals surface area (Å²) in [6.45, 7) is 2.36. The molecule has 26 heavy (non-hydrogen) atoms. The third-order valence-electron chi connectivity index (χ3n) is 5.81. The minimum Gasteiger partial charge on any atom is -1.00 e. The minimum absolute atomic E-state index is 0. The van der Waals surface area contributed by atoms with Crippen LogP contribution in [-0.4, -0.2) is 6.16 Å². The molecule has 0 saturated carbocycles. The smallest absolute Gasteiger partial charge is 1.00 e. The normalized spacial score (nSPS) is 19.9. The molecule has 0 bridgehead atoms. The molecule has 0 nitrogen and oxygen atoms in total. The van der Waals surface area contributed by atoms with Crippen LogP contribution in [0.15, 0.2) is 60.7 Å². The molecule has 0 fully saturated rings. The Morgan fingerprint density at radius 3 is 1.73 bits per heavy atom. The van der Waals surface area contributed by atoms with E-state index in [2.05, 4.69) is 84.4 Å². The molecule has 0 heterocycles. The van der Waals surface area contributed by atoms with Crippen molar-refractivity contribution in [1.82, 2.24) is 0 Å². The molecule has 0 amide bonds. The number of benzene rings is 2. The molecule has 0 saturated heterocycles. The average Bonchev–Trinajstić information content (AvgIpc) is 3.24. The van der Waals surface area contributed by atoms with Crippen molar-refractivity contribution in [3.05, 3.63) is 82.9 Å². The van der Waals surface area contributed by atoms with Gasteiger partial charge in [0, 0.05) is 0 Å². The minimum atomic E-state index is -2.42. The number of halogens is 2. The van der Waals surface area contributed by atoms with Gasteiger partial charge in [-0.3, -0.25) is 0 Å². The van der Waals surface area contributed by atoms with Crippen LogP contribution in [0.1, 0.15) is 42.8 Å². The van der Waals surface area contributed by atoms with Crippen LogP contribution in [0.2, 0.25) is 10.7 Å². The van der Waals surface area contributed by atoms with E-state index in [4.69, 9.17) is 0 Å². The summed E-state index contributed by atoms with van der Waals surface area (Å²) in [6, 6.07) is 19.7. The van der Waals surface area contributed by atoms with Crippen molar-refractivity contribution in [2.75, 3.05) is 0 Å². The quantitative estimate of drug-likeness (QED) is 0.538. The maximum Gasteiger partial charge on any atom is -1.00 e. The zero-order valence-electron chi connectivity index (χ0n) is 15.3. The summed E-state index contributed by atoms with van der Waals surface area (Å²) in [6.07, 6.45) is 11.9.